The molecule has 0 unspecified atom stereocenters. The smallest absolute Gasteiger partial charge is 0.185 e. The Kier molecular flexibility index (Phi) is 4.93. The minimum absolute atomic E-state index is 0.172. The summed E-state index contributed by atoms with van der Waals surface area (Å²) >= 11 is 6.59. The van der Waals surface area contributed by atoms with Crippen LogP contribution in [0, 0.1) is 11.3 Å². The van der Waals surface area contributed by atoms with Crippen molar-refractivity contribution in [3.05, 3.63) is 22.8 Å². The molecular weight excluding hydrogens is 290 g/mol. The number of anilines is 1. The lowest BCUT2D eigenvalue weighted by molar-refractivity contribution is 0.369. The number of allylic oxidation sites excluding steroid dienone is 1. The molecule has 20 heavy (non-hydrogen) atoms. The second kappa shape index (κ2) is 6.68. The van der Waals surface area contributed by atoms with Crippen LogP contribution in [0.2, 0.25) is 0 Å². The monoisotopic (exact) mass is 307 g/mol. The van der Waals surface area contributed by atoms with Gasteiger partial charge < -0.3 is 15.5 Å². The van der Waals surface area contributed by atoms with Gasteiger partial charge in [-0.05, 0) is 13.3 Å². The normalized spacial score (nSPS) is 17.2. The van der Waals surface area contributed by atoms with Gasteiger partial charge in [0.15, 0.2) is 5.13 Å². The first-order valence-corrected chi connectivity index (χ1v) is 7.72. The lowest BCUT2D eigenvalue weighted by Crippen LogP contribution is -2.31. The molecule has 0 saturated carbocycles. The number of hydrogen-bond donors (Lipinski definition) is 1. The molecule has 0 bridgehead atoms. The molecule has 1 aromatic rings. The highest BCUT2D eigenvalue weighted by Crippen LogP contribution is 2.20. The Labute approximate surface area is 128 Å². The van der Waals surface area contributed by atoms with E-state index < -0.39 is 0 Å². The topological polar surface area (TPSA) is 69.2 Å². The van der Waals surface area contributed by atoms with Gasteiger partial charge in [-0.1, -0.05) is 12.2 Å². The van der Waals surface area contributed by atoms with Gasteiger partial charge in [-0.25, -0.2) is 4.98 Å². The van der Waals surface area contributed by atoms with Gasteiger partial charge in [0, 0.05) is 43.5 Å². The molecule has 0 atom stereocenters. The van der Waals surface area contributed by atoms with Crippen molar-refractivity contribution in [3.63, 3.8) is 0 Å². The van der Waals surface area contributed by atoms with Crippen LogP contribution in [0.3, 0.4) is 0 Å². The second-order valence-corrected chi connectivity index (χ2v) is 5.89. The van der Waals surface area contributed by atoms with E-state index in [-0.39, 0.29) is 4.99 Å². The zero-order chi connectivity index (χ0) is 14.5. The van der Waals surface area contributed by atoms with Crippen LogP contribution in [0.5, 0.6) is 0 Å². The summed E-state index contributed by atoms with van der Waals surface area (Å²) in [4.78, 5) is 8.99. The molecule has 0 radical (unpaired) electrons. The average molecular weight is 307 g/mol. The van der Waals surface area contributed by atoms with Crippen molar-refractivity contribution in [3.8, 4) is 6.07 Å². The minimum atomic E-state index is 0.172. The Hall–Kier alpha value is -1.65. The van der Waals surface area contributed by atoms with Crippen molar-refractivity contribution in [2.75, 3.05) is 31.1 Å². The van der Waals surface area contributed by atoms with Gasteiger partial charge in [0.1, 0.15) is 16.6 Å². The number of nitrogens with zero attached hydrogens (tertiary/aromatic N) is 4. The predicted molar refractivity (Wildman–Crippen MR) is 85.6 cm³/mol. The van der Waals surface area contributed by atoms with E-state index in [9.17, 15) is 0 Å². The van der Waals surface area contributed by atoms with Gasteiger partial charge in [0.2, 0.25) is 0 Å². The minimum Gasteiger partial charge on any atom is -0.389 e. The average Bonchev–Trinajstić information content (AvgIpc) is 2.83. The summed E-state index contributed by atoms with van der Waals surface area (Å²) in [6.07, 6.45) is 2.85. The van der Waals surface area contributed by atoms with E-state index in [0.29, 0.717) is 5.57 Å². The molecule has 1 fully saturated rings. The van der Waals surface area contributed by atoms with Crippen LogP contribution in [-0.2, 0) is 0 Å². The van der Waals surface area contributed by atoms with Crippen molar-refractivity contribution >= 4 is 33.7 Å². The summed E-state index contributed by atoms with van der Waals surface area (Å²) in [7, 11) is 0. The largest absolute Gasteiger partial charge is 0.389 e. The van der Waals surface area contributed by atoms with E-state index >= 15 is 0 Å². The molecule has 0 amide bonds. The van der Waals surface area contributed by atoms with Crippen molar-refractivity contribution in [2.45, 2.75) is 13.3 Å². The van der Waals surface area contributed by atoms with Gasteiger partial charge in [0.25, 0.3) is 0 Å². The van der Waals surface area contributed by atoms with Gasteiger partial charge in [0.05, 0.1) is 0 Å². The summed E-state index contributed by atoms with van der Waals surface area (Å²) in [5, 5.41) is 12.2. The Morgan fingerprint density at radius 3 is 2.85 bits per heavy atom. The molecular formula is C13H17N5S2. The molecule has 0 aliphatic carbocycles. The number of nitriles is 1. The molecule has 5 nitrogen and oxygen atoms in total. The molecule has 2 N–H and O–H groups in total. The number of hydrogen-bond acceptors (Lipinski definition) is 6. The molecule has 1 saturated heterocycles. The van der Waals surface area contributed by atoms with Crippen molar-refractivity contribution in [2.24, 2.45) is 5.73 Å². The first kappa shape index (κ1) is 14.8. The number of aromatic nitrogens is 1. The fraction of sp³-hybridized carbons (Fsp3) is 0.462. The molecule has 1 aromatic heterocycles. The third kappa shape index (κ3) is 3.26. The second-order valence-electron chi connectivity index (χ2n) is 4.58. The van der Waals surface area contributed by atoms with Crippen molar-refractivity contribution in [1.82, 2.24) is 9.88 Å². The highest BCUT2D eigenvalue weighted by molar-refractivity contribution is 7.80. The first-order valence-electron chi connectivity index (χ1n) is 6.43. The lowest BCUT2D eigenvalue weighted by atomic mass is 10.2. The van der Waals surface area contributed by atoms with Crippen LogP contribution in [0.4, 0.5) is 5.13 Å². The number of rotatable bonds is 3. The highest BCUT2D eigenvalue weighted by Gasteiger charge is 2.19. The van der Waals surface area contributed by atoms with Crippen LogP contribution < -0.4 is 10.6 Å². The van der Waals surface area contributed by atoms with Gasteiger partial charge in [-0.2, -0.15) is 5.26 Å². The zero-order valence-corrected chi connectivity index (χ0v) is 13.0. The molecule has 106 valence electrons. The standard InChI is InChI=1S/C13H17N5S2/c1-10(11(9-14)12(15)19)17-4-2-5-18(7-6-17)13-16-3-8-20-13/h3,8H,2,4-7H2,1H3,(H2,15,19)/b11-10-. The van der Waals surface area contributed by atoms with Crippen LogP contribution in [-0.4, -0.2) is 41.1 Å². The van der Waals surface area contributed by atoms with E-state index in [1.54, 1.807) is 11.3 Å². The maximum atomic E-state index is 9.15. The van der Waals surface area contributed by atoms with Crippen molar-refractivity contribution in [1.29, 1.82) is 5.26 Å². The Morgan fingerprint density at radius 2 is 2.25 bits per heavy atom. The van der Waals surface area contributed by atoms with E-state index in [2.05, 4.69) is 20.9 Å². The molecule has 1 aliphatic heterocycles. The lowest BCUT2D eigenvalue weighted by Gasteiger charge is -2.24. The summed E-state index contributed by atoms with van der Waals surface area (Å²) < 4.78 is 0. The van der Waals surface area contributed by atoms with E-state index in [0.717, 1.165) is 43.4 Å². The Bertz CT molecular complexity index is 544. The maximum absolute atomic E-state index is 9.15. The van der Waals surface area contributed by atoms with Gasteiger partial charge in [-0.15, -0.1) is 11.3 Å². The Morgan fingerprint density at radius 1 is 1.45 bits per heavy atom. The fourth-order valence-electron chi connectivity index (χ4n) is 2.29. The van der Waals surface area contributed by atoms with Crippen LogP contribution in [0.15, 0.2) is 22.8 Å². The maximum Gasteiger partial charge on any atom is 0.185 e. The summed E-state index contributed by atoms with van der Waals surface area (Å²) in [5.41, 5.74) is 6.90. The molecule has 2 rings (SSSR count). The third-order valence-corrected chi connectivity index (χ3v) is 4.42. The molecule has 1 aliphatic rings. The zero-order valence-electron chi connectivity index (χ0n) is 11.4. The summed E-state index contributed by atoms with van der Waals surface area (Å²) in [6.45, 7) is 5.53. The summed E-state index contributed by atoms with van der Waals surface area (Å²) in [6, 6.07) is 2.11. The van der Waals surface area contributed by atoms with E-state index in [1.165, 1.54) is 0 Å². The Balaban J connectivity index is 2.10. The molecule has 7 heteroatoms. The van der Waals surface area contributed by atoms with Crippen LogP contribution in [0.25, 0.3) is 0 Å². The van der Waals surface area contributed by atoms with E-state index in [4.69, 9.17) is 23.2 Å². The number of thiazole rings is 1. The number of nitrogens with two attached hydrogens (primary N) is 1. The SMILES string of the molecule is C/C(=C(\C#N)C(N)=S)N1CCCN(c2nccs2)CC1. The van der Waals surface area contributed by atoms with E-state index in [1.807, 2.05) is 18.5 Å². The fourth-order valence-corrected chi connectivity index (χ4v) is 3.18. The van der Waals surface area contributed by atoms with Crippen LogP contribution in [0.1, 0.15) is 13.3 Å². The molecule has 0 spiro atoms. The number of thiocarbonyl (C=S) groups is 1. The molecule has 2 heterocycles. The van der Waals surface area contributed by atoms with Crippen molar-refractivity contribution < 1.29 is 0 Å². The highest BCUT2D eigenvalue weighted by atomic mass is 32.1. The predicted octanol–water partition coefficient (Wildman–Crippen LogP) is 1.74. The van der Waals surface area contributed by atoms with Crippen LogP contribution >= 0.6 is 23.6 Å². The third-order valence-electron chi connectivity index (χ3n) is 3.38. The summed E-state index contributed by atoms with van der Waals surface area (Å²) in [5.74, 6) is 0. The van der Waals surface area contributed by atoms with Gasteiger partial charge >= 0.3 is 0 Å². The first-order chi connectivity index (χ1) is 9.63. The molecule has 0 aromatic carbocycles. The van der Waals surface area contributed by atoms with Gasteiger partial charge in [-0.3, -0.25) is 0 Å². The quantitative estimate of drug-likeness (QED) is 0.521.